The van der Waals surface area contributed by atoms with Crippen molar-refractivity contribution in [2.24, 2.45) is 0 Å². The first-order valence-electron chi connectivity index (χ1n) is 7.51. The average molecular weight is 362 g/mol. The molecule has 1 unspecified atom stereocenters. The van der Waals surface area contributed by atoms with E-state index in [0.29, 0.717) is 5.02 Å². The Morgan fingerprint density at radius 1 is 1.21 bits per heavy atom. The average Bonchev–Trinajstić information content (AvgIpc) is 2.95. The molecule has 0 saturated carbocycles. The smallest absolute Gasteiger partial charge is 0.326 e. The van der Waals surface area contributed by atoms with Gasteiger partial charge in [0.25, 0.3) is 0 Å². The zero-order chi connectivity index (χ0) is 17.1. The summed E-state index contributed by atoms with van der Waals surface area (Å²) in [6.45, 7) is 0. The topological polar surface area (TPSA) is 57.6 Å². The molecule has 2 aromatic carbocycles. The van der Waals surface area contributed by atoms with E-state index in [9.17, 15) is 14.7 Å². The number of thioether (sulfide) groups is 1. The first kappa shape index (κ1) is 16.9. The highest BCUT2D eigenvalue weighted by Gasteiger charge is 2.40. The van der Waals surface area contributed by atoms with Crippen molar-refractivity contribution < 1.29 is 14.7 Å². The van der Waals surface area contributed by atoms with Crippen LogP contribution in [0.4, 0.5) is 0 Å². The van der Waals surface area contributed by atoms with Gasteiger partial charge in [0.1, 0.15) is 11.4 Å². The lowest BCUT2D eigenvalue weighted by Crippen LogP contribution is -2.44. The Morgan fingerprint density at radius 3 is 2.50 bits per heavy atom. The maximum atomic E-state index is 12.4. The minimum Gasteiger partial charge on any atom is -0.480 e. The SMILES string of the molecule is O=C(O)[C@H](Cc1ccccc1)N1C(=O)CSC1c1ccc(Cl)cc1. The summed E-state index contributed by atoms with van der Waals surface area (Å²) in [7, 11) is 0. The summed E-state index contributed by atoms with van der Waals surface area (Å²) in [5.41, 5.74) is 1.78. The summed E-state index contributed by atoms with van der Waals surface area (Å²) in [5.74, 6) is -0.858. The van der Waals surface area contributed by atoms with Gasteiger partial charge in [-0.1, -0.05) is 54.1 Å². The second-order valence-corrected chi connectivity index (χ2v) is 7.06. The number of halogens is 1. The van der Waals surface area contributed by atoms with E-state index in [4.69, 9.17) is 11.6 Å². The molecule has 0 spiro atoms. The Hall–Kier alpha value is -1.98. The molecule has 0 aromatic heterocycles. The molecule has 1 aliphatic heterocycles. The summed E-state index contributed by atoms with van der Waals surface area (Å²) < 4.78 is 0. The van der Waals surface area contributed by atoms with Gasteiger partial charge in [0.05, 0.1) is 5.75 Å². The molecule has 24 heavy (non-hydrogen) atoms. The van der Waals surface area contributed by atoms with Gasteiger partial charge in [0, 0.05) is 11.4 Å². The van der Waals surface area contributed by atoms with Gasteiger partial charge in [-0.3, -0.25) is 4.79 Å². The van der Waals surface area contributed by atoms with E-state index in [1.165, 1.54) is 16.7 Å². The van der Waals surface area contributed by atoms with Crippen LogP contribution in [-0.2, 0) is 16.0 Å². The molecule has 1 saturated heterocycles. The molecule has 2 atom stereocenters. The van der Waals surface area contributed by atoms with Crippen molar-refractivity contribution in [1.29, 1.82) is 0 Å². The van der Waals surface area contributed by atoms with Crippen LogP contribution in [0.3, 0.4) is 0 Å². The molecule has 0 bridgehead atoms. The number of benzene rings is 2. The molecule has 1 N–H and O–H groups in total. The lowest BCUT2D eigenvalue weighted by atomic mass is 10.0. The van der Waals surface area contributed by atoms with Crippen molar-refractivity contribution in [3.8, 4) is 0 Å². The summed E-state index contributed by atoms with van der Waals surface area (Å²) in [5, 5.41) is 10.0. The maximum absolute atomic E-state index is 12.4. The number of amides is 1. The maximum Gasteiger partial charge on any atom is 0.326 e. The van der Waals surface area contributed by atoms with Crippen molar-refractivity contribution in [2.45, 2.75) is 17.8 Å². The first-order valence-corrected chi connectivity index (χ1v) is 8.94. The van der Waals surface area contributed by atoms with E-state index in [0.717, 1.165) is 11.1 Å². The standard InChI is InChI=1S/C18H16ClNO3S/c19-14-8-6-13(7-9-14)17-20(16(21)11-24-17)15(18(22)23)10-12-4-2-1-3-5-12/h1-9,15,17H,10-11H2,(H,22,23)/t15-,17?/m0/s1. The molecule has 2 aromatic rings. The number of carbonyl (C=O) groups is 2. The second kappa shape index (κ2) is 7.28. The first-order chi connectivity index (χ1) is 11.6. The van der Waals surface area contributed by atoms with Gasteiger partial charge in [-0.15, -0.1) is 11.8 Å². The van der Waals surface area contributed by atoms with Crippen LogP contribution >= 0.6 is 23.4 Å². The summed E-state index contributed by atoms with van der Waals surface area (Å²) in [6, 6.07) is 15.7. The highest BCUT2D eigenvalue weighted by Crippen LogP contribution is 2.40. The van der Waals surface area contributed by atoms with Crippen molar-refractivity contribution in [2.75, 3.05) is 5.75 Å². The van der Waals surface area contributed by atoms with Crippen molar-refractivity contribution in [3.05, 3.63) is 70.7 Å². The number of hydrogen-bond donors (Lipinski definition) is 1. The quantitative estimate of drug-likeness (QED) is 0.883. The molecule has 4 nitrogen and oxygen atoms in total. The zero-order valence-electron chi connectivity index (χ0n) is 12.8. The molecule has 124 valence electrons. The Kier molecular flexibility index (Phi) is 5.11. The molecular formula is C18H16ClNO3S. The molecule has 6 heteroatoms. The number of carboxylic acid groups (broad SMARTS) is 1. The Labute approximate surface area is 149 Å². The third-order valence-electron chi connectivity index (χ3n) is 3.95. The molecule has 0 aliphatic carbocycles. The third-order valence-corrected chi connectivity index (χ3v) is 5.43. The van der Waals surface area contributed by atoms with Gasteiger partial charge in [-0.05, 0) is 23.3 Å². The number of hydrogen-bond acceptors (Lipinski definition) is 3. The number of nitrogens with zero attached hydrogens (tertiary/aromatic N) is 1. The number of carboxylic acids is 1. The lowest BCUT2D eigenvalue weighted by molar-refractivity contribution is -0.149. The molecule has 1 heterocycles. The van der Waals surface area contributed by atoms with Crippen LogP contribution in [0.1, 0.15) is 16.5 Å². The van der Waals surface area contributed by atoms with E-state index < -0.39 is 12.0 Å². The summed E-state index contributed by atoms with van der Waals surface area (Å²) in [6.07, 6.45) is 0.284. The van der Waals surface area contributed by atoms with E-state index in [1.807, 2.05) is 42.5 Å². The Balaban J connectivity index is 1.90. The highest BCUT2D eigenvalue weighted by molar-refractivity contribution is 8.00. The fourth-order valence-corrected chi connectivity index (χ4v) is 4.15. The fraction of sp³-hybridized carbons (Fsp3) is 0.222. The van der Waals surface area contributed by atoms with Gasteiger partial charge in [0.15, 0.2) is 0 Å². The van der Waals surface area contributed by atoms with Crippen LogP contribution in [0.2, 0.25) is 5.02 Å². The van der Waals surface area contributed by atoms with E-state index in [-0.39, 0.29) is 23.5 Å². The fourth-order valence-electron chi connectivity index (χ4n) is 2.80. The predicted octanol–water partition coefficient (Wildman–Crippen LogP) is 3.61. The van der Waals surface area contributed by atoms with Crippen LogP contribution in [0.25, 0.3) is 0 Å². The Morgan fingerprint density at radius 2 is 1.88 bits per heavy atom. The Bertz CT molecular complexity index is 736. The van der Waals surface area contributed by atoms with Gasteiger partial charge in [-0.25, -0.2) is 4.79 Å². The third kappa shape index (κ3) is 3.57. The number of aliphatic carboxylic acids is 1. The van der Waals surface area contributed by atoms with Crippen molar-refractivity contribution >= 4 is 35.2 Å². The summed E-state index contributed by atoms with van der Waals surface area (Å²) in [4.78, 5) is 25.7. The predicted molar refractivity (Wildman–Crippen MR) is 95.1 cm³/mol. The lowest BCUT2D eigenvalue weighted by Gasteiger charge is -2.30. The van der Waals surface area contributed by atoms with E-state index in [2.05, 4.69) is 0 Å². The van der Waals surface area contributed by atoms with E-state index in [1.54, 1.807) is 12.1 Å². The normalized spacial score (nSPS) is 18.6. The van der Waals surface area contributed by atoms with Crippen molar-refractivity contribution in [1.82, 2.24) is 4.90 Å². The van der Waals surface area contributed by atoms with Crippen molar-refractivity contribution in [3.63, 3.8) is 0 Å². The second-order valence-electron chi connectivity index (χ2n) is 5.56. The van der Waals surface area contributed by atoms with Gasteiger partial charge >= 0.3 is 5.97 Å². The van der Waals surface area contributed by atoms with Crippen LogP contribution in [0, 0.1) is 0 Å². The van der Waals surface area contributed by atoms with Crippen LogP contribution in [0.5, 0.6) is 0 Å². The minimum absolute atomic E-state index is 0.150. The molecule has 1 fully saturated rings. The van der Waals surface area contributed by atoms with Gasteiger partial charge in [0.2, 0.25) is 5.91 Å². The minimum atomic E-state index is -0.992. The highest BCUT2D eigenvalue weighted by atomic mass is 35.5. The van der Waals surface area contributed by atoms with Crippen LogP contribution in [-0.4, -0.2) is 33.7 Å². The largest absolute Gasteiger partial charge is 0.480 e. The van der Waals surface area contributed by atoms with Crippen LogP contribution in [0.15, 0.2) is 54.6 Å². The molecule has 3 rings (SSSR count). The zero-order valence-corrected chi connectivity index (χ0v) is 14.3. The monoisotopic (exact) mass is 361 g/mol. The molecule has 0 radical (unpaired) electrons. The number of carbonyl (C=O) groups excluding carboxylic acids is 1. The molecule has 1 amide bonds. The molecular weight excluding hydrogens is 346 g/mol. The summed E-state index contributed by atoms with van der Waals surface area (Å²) >= 11 is 7.37. The van der Waals surface area contributed by atoms with Gasteiger partial charge < -0.3 is 10.0 Å². The molecule has 1 aliphatic rings. The van der Waals surface area contributed by atoms with Crippen LogP contribution < -0.4 is 0 Å². The van der Waals surface area contributed by atoms with Gasteiger partial charge in [-0.2, -0.15) is 0 Å². The van der Waals surface area contributed by atoms with E-state index >= 15 is 0 Å². The number of rotatable bonds is 5.